The molecule has 2 fully saturated rings. The first-order valence-electron chi connectivity index (χ1n) is 4.40. The normalized spacial score (nSPS) is 26.2. The van der Waals surface area contributed by atoms with Gasteiger partial charge in [0, 0.05) is 0 Å². The average Bonchev–Trinajstić information content (AvgIpc) is 2.88. The first kappa shape index (κ1) is 8.90. The number of carbonyl (C=O) groups is 1. The van der Waals surface area contributed by atoms with Gasteiger partial charge in [-0.2, -0.15) is 0 Å². The number of amides is 1. The Balaban J connectivity index is 1.98. The highest BCUT2D eigenvalue weighted by molar-refractivity contribution is 7.80. The smallest absolute Gasteiger partial charge is 0.240 e. The Hall–Kier alpha value is -0.680. The zero-order valence-electron chi connectivity index (χ0n) is 7.30. The molecule has 5 N–H and O–H groups in total. The zero-order chi connectivity index (χ0) is 9.69. The van der Waals surface area contributed by atoms with Crippen LogP contribution in [0.1, 0.15) is 25.7 Å². The maximum atomic E-state index is 11.5. The summed E-state index contributed by atoms with van der Waals surface area (Å²) >= 11 is 4.88. The fourth-order valence-corrected chi connectivity index (χ4v) is 1.52. The first-order chi connectivity index (χ1) is 5.99. The van der Waals surface area contributed by atoms with Crippen molar-refractivity contribution in [2.45, 2.75) is 36.8 Å². The average molecular weight is 199 g/mol. The van der Waals surface area contributed by atoms with Crippen molar-refractivity contribution in [3.05, 3.63) is 0 Å². The number of hydrogen-bond acceptors (Lipinski definition) is 3. The number of hydrogen-bond donors (Lipinski definition) is 3. The van der Waals surface area contributed by atoms with Crippen molar-refractivity contribution in [1.82, 2.24) is 5.32 Å². The van der Waals surface area contributed by atoms with Crippen molar-refractivity contribution in [1.29, 1.82) is 0 Å². The molecule has 0 unspecified atom stereocenters. The van der Waals surface area contributed by atoms with Crippen molar-refractivity contribution < 1.29 is 4.79 Å². The minimum Gasteiger partial charge on any atom is -0.391 e. The summed E-state index contributed by atoms with van der Waals surface area (Å²) in [7, 11) is 0. The molecule has 2 aliphatic carbocycles. The minimum atomic E-state index is -0.625. The molecular weight excluding hydrogens is 186 g/mol. The fraction of sp³-hybridized carbons (Fsp3) is 0.750. The van der Waals surface area contributed by atoms with Gasteiger partial charge in [-0.1, -0.05) is 12.2 Å². The van der Waals surface area contributed by atoms with Crippen LogP contribution in [-0.2, 0) is 4.79 Å². The standard InChI is InChI=1S/C8H13N3OS/c9-5(13)8(3-4-8)11-6(12)7(10)1-2-7/h1-4,10H2,(H2,9,13)(H,11,12). The third kappa shape index (κ3) is 1.42. The summed E-state index contributed by atoms with van der Waals surface area (Å²) < 4.78 is 0. The van der Waals surface area contributed by atoms with Gasteiger partial charge in [0.15, 0.2) is 0 Å². The van der Waals surface area contributed by atoms with Gasteiger partial charge in [0.05, 0.1) is 16.1 Å². The number of nitrogens with one attached hydrogen (secondary N) is 1. The molecule has 0 aliphatic heterocycles. The summed E-state index contributed by atoms with van der Waals surface area (Å²) in [5.41, 5.74) is 10.2. The molecule has 0 radical (unpaired) electrons. The van der Waals surface area contributed by atoms with Gasteiger partial charge in [-0.15, -0.1) is 0 Å². The lowest BCUT2D eigenvalue weighted by Crippen LogP contribution is -2.52. The van der Waals surface area contributed by atoms with E-state index in [1.165, 1.54) is 0 Å². The van der Waals surface area contributed by atoms with E-state index < -0.39 is 11.1 Å². The van der Waals surface area contributed by atoms with Gasteiger partial charge < -0.3 is 16.8 Å². The third-order valence-corrected chi connectivity index (χ3v) is 3.21. The summed E-state index contributed by atoms with van der Waals surface area (Å²) in [6, 6.07) is 0. The van der Waals surface area contributed by atoms with Gasteiger partial charge in [0.2, 0.25) is 5.91 Å². The van der Waals surface area contributed by atoms with Gasteiger partial charge >= 0.3 is 0 Å². The maximum absolute atomic E-state index is 11.5. The molecule has 0 aromatic carbocycles. The Morgan fingerprint density at radius 1 is 1.31 bits per heavy atom. The molecule has 2 saturated carbocycles. The van der Waals surface area contributed by atoms with E-state index in [0.29, 0.717) is 4.99 Å². The van der Waals surface area contributed by atoms with E-state index in [2.05, 4.69) is 5.32 Å². The van der Waals surface area contributed by atoms with E-state index in [9.17, 15) is 4.79 Å². The van der Waals surface area contributed by atoms with E-state index in [1.807, 2.05) is 0 Å². The topological polar surface area (TPSA) is 81.1 Å². The lowest BCUT2D eigenvalue weighted by molar-refractivity contribution is -0.123. The molecule has 72 valence electrons. The van der Waals surface area contributed by atoms with Gasteiger partial charge in [0.25, 0.3) is 0 Å². The van der Waals surface area contributed by atoms with Gasteiger partial charge in [0.1, 0.15) is 0 Å². The van der Waals surface area contributed by atoms with E-state index in [4.69, 9.17) is 23.7 Å². The molecule has 2 aliphatic rings. The molecule has 13 heavy (non-hydrogen) atoms. The number of thiocarbonyl (C=S) groups is 1. The molecule has 0 atom stereocenters. The molecule has 0 saturated heterocycles. The molecule has 2 rings (SSSR count). The SMILES string of the molecule is NC(=S)C1(NC(=O)C2(N)CC2)CC1. The van der Waals surface area contributed by atoms with Crippen LogP contribution in [0.3, 0.4) is 0 Å². The van der Waals surface area contributed by atoms with Crippen molar-refractivity contribution in [2.75, 3.05) is 0 Å². The van der Waals surface area contributed by atoms with E-state index >= 15 is 0 Å². The summed E-state index contributed by atoms with van der Waals surface area (Å²) in [4.78, 5) is 11.9. The highest BCUT2D eigenvalue weighted by atomic mass is 32.1. The van der Waals surface area contributed by atoms with Crippen LogP contribution in [0.5, 0.6) is 0 Å². The van der Waals surface area contributed by atoms with Crippen molar-refractivity contribution in [3.63, 3.8) is 0 Å². The third-order valence-electron chi connectivity index (χ3n) is 2.82. The Morgan fingerprint density at radius 2 is 1.85 bits per heavy atom. The van der Waals surface area contributed by atoms with Crippen LogP contribution in [0, 0.1) is 0 Å². The Bertz CT molecular complexity index is 281. The predicted molar refractivity (Wildman–Crippen MR) is 53.0 cm³/mol. The molecule has 4 nitrogen and oxygen atoms in total. The summed E-state index contributed by atoms with van der Waals surface area (Å²) in [5, 5.41) is 2.84. The maximum Gasteiger partial charge on any atom is 0.240 e. The minimum absolute atomic E-state index is 0.0993. The zero-order valence-corrected chi connectivity index (χ0v) is 8.12. The number of nitrogens with two attached hydrogens (primary N) is 2. The van der Waals surface area contributed by atoms with Crippen LogP contribution < -0.4 is 16.8 Å². The molecule has 0 spiro atoms. The number of rotatable bonds is 3. The highest BCUT2D eigenvalue weighted by Crippen LogP contribution is 2.39. The number of carbonyl (C=O) groups excluding carboxylic acids is 1. The lowest BCUT2D eigenvalue weighted by atomic mass is 10.2. The van der Waals surface area contributed by atoms with Crippen LogP contribution in [0.2, 0.25) is 0 Å². The van der Waals surface area contributed by atoms with Crippen LogP contribution in [0.25, 0.3) is 0 Å². The summed E-state index contributed by atoms with van der Waals surface area (Å²) in [5.74, 6) is -0.0993. The largest absolute Gasteiger partial charge is 0.391 e. The first-order valence-corrected chi connectivity index (χ1v) is 4.81. The van der Waals surface area contributed by atoms with Gasteiger partial charge in [-0.05, 0) is 25.7 Å². The Labute approximate surface area is 82.0 Å². The second kappa shape index (κ2) is 2.42. The van der Waals surface area contributed by atoms with Crippen molar-refractivity contribution in [2.24, 2.45) is 11.5 Å². The quantitative estimate of drug-likeness (QED) is 0.531. The lowest BCUT2D eigenvalue weighted by Gasteiger charge is -2.18. The summed E-state index contributed by atoms with van der Waals surface area (Å²) in [6.07, 6.45) is 3.24. The Kier molecular flexibility index (Phi) is 1.66. The monoisotopic (exact) mass is 199 g/mol. The molecule has 5 heteroatoms. The van der Waals surface area contributed by atoms with Gasteiger partial charge in [-0.3, -0.25) is 4.79 Å². The van der Waals surface area contributed by atoms with Crippen LogP contribution in [0.4, 0.5) is 0 Å². The van der Waals surface area contributed by atoms with Crippen molar-refractivity contribution in [3.8, 4) is 0 Å². The van der Waals surface area contributed by atoms with E-state index in [0.717, 1.165) is 25.7 Å². The second-order valence-corrected chi connectivity index (χ2v) is 4.50. The van der Waals surface area contributed by atoms with E-state index in [-0.39, 0.29) is 5.91 Å². The highest BCUT2D eigenvalue weighted by Gasteiger charge is 2.53. The second-order valence-electron chi connectivity index (χ2n) is 4.06. The van der Waals surface area contributed by atoms with Crippen LogP contribution in [0.15, 0.2) is 0 Å². The van der Waals surface area contributed by atoms with Crippen LogP contribution >= 0.6 is 12.2 Å². The molecule has 0 aromatic heterocycles. The molecular formula is C8H13N3OS. The predicted octanol–water partition coefficient (Wildman–Crippen LogP) is -0.587. The van der Waals surface area contributed by atoms with E-state index in [1.54, 1.807) is 0 Å². The van der Waals surface area contributed by atoms with Crippen molar-refractivity contribution >= 4 is 23.1 Å². The fourth-order valence-electron chi connectivity index (χ4n) is 1.26. The molecule has 0 aromatic rings. The molecule has 0 heterocycles. The Morgan fingerprint density at radius 3 is 2.15 bits per heavy atom. The van der Waals surface area contributed by atoms with Gasteiger partial charge in [-0.25, -0.2) is 0 Å². The molecule has 0 bridgehead atoms. The van der Waals surface area contributed by atoms with Crippen LogP contribution in [-0.4, -0.2) is 22.0 Å². The molecule has 1 amide bonds. The summed E-state index contributed by atoms with van der Waals surface area (Å²) in [6.45, 7) is 0.